The highest BCUT2D eigenvalue weighted by atomic mass is 16.7. The fourth-order valence-corrected chi connectivity index (χ4v) is 2.11. The first-order valence-electron chi connectivity index (χ1n) is 5.22. The van der Waals surface area contributed by atoms with Crippen LogP contribution in [0.25, 0.3) is 0 Å². The van der Waals surface area contributed by atoms with Gasteiger partial charge in [-0.3, -0.25) is 9.59 Å². The molecule has 17 heavy (non-hydrogen) atoms. The van der Waals surface area contributed by atoms with E-state index in [0.717, 1.165) is 16.8 Å². The topological polar surface area (TPSA) is 85.0 Å². The zero-order valence-electron chi connectivity index (χ0n) is 8.74. The lowest BCUT2D eigenvalue weighted by molar-refractivity contribution is -0.554. The molecule has 3 aliphatic heterocycles. The first-order valence-corrected chi connectivity index (χ1v) is 5.22. The van der Waals surface area contributed by atoms with E-state index in [9.17, 15) is 14.4 Å². The average Bonchev–Trinajstić information content (AvgIpc) is 2.73. The Morgan fingerprint density at radius 3 is 2.94 bits per heavy atom. The molecular formula is C10H9N2O5+. The molecule has 2 amide bonds. The van der Waals surface area contributed by atoms with Crippen molar-refractivity contribution in [3.63, 3.8) is 0 Å². The second kappa shape index (κ2) is 3.64. The summed E-state index contributed by atoms with van der Waals surface area (Å²) >= 11 is 0. The van der Waals surface area contributed by atoms with E-state index in [1.54, 1.807) is 0 Å². The minimum absolute atomic E-state index is 0.103. The smallest absolute Gasteiger partial charge is 0.343 e. The van der Waals surface area contributed by atoms with Gasteiger partial charge in [0.2, 0.25) is 12.3 Å². The number of carbonyl (C=O) groups excluding carboxylic acids is 3. The normalized spacial score (nSPS) is 36.4. The van der Waals surface area contributed by atoms with Crippen LogP contribution in [0.2, 0.25) is 0 Å². The third-order valence-electron chi connectivity index (χ3n) is 2.93. The number of azo groups is 2. The van der Waals surface area contributed by atoms with Crippen LogP contribution in [0, 0.1) is 0 Å². The Hall–Kier alpha value is -1.73. The van der Waals surface area contributed by atoms with Crippen LogP contribution >= 0.6 is 0 Å². The first-order chi connectivity index (χ1) is 8.15. The Morgan fingerprint density at radius 1 is 1.29 bits per heavy atom. The van der Waals surface area contributed by atoms with Gasteiger partial charge in [-0.15, -0.1) is 0 Å². The monoisotopic (exact) mass is 237 g/mol. The molecule has 2 fully saturated rings. The number of ketones is 1. The maximum absolute atomic E-state index is 11.6. The van der Waals surface area contributed by atoms with Gasteiger partial charge in [0.15, 0.2) is 5.78 Å². The molecule has 3 heterocycles. The highest BCUT2D eigenvalue weighted by Crippen LogP contribution is 2.27. The minimum atomic E-state index is -0.817. The van der Waals surface area contributed by atoms with Gasteiger partial charge in [-0.1, -0.05) is 0 Å². The van der Waals surface area contributed by atoms with Crippen LogP contribution < -0.4 is 0 Å². The molecule has 2 saturated heterocycles. The largest absolute Gasteiger partial charge is 0.437 e. The van der Waals surface area contributed by atoms with E-state index in [0.29, 0.717) is 0 Å². The van der Waals surface area contributed by atoms with E-state index in [2.05, 4.69) is 5.11 Å². The van der Waals surface area contributed by atoms with E-state index in [4.69, 9.17) is 9.47 Å². The van der Waals surface area contributed by atoms with Crippen LogP contribution in [-0.4, -0.2) is 47.3 Å². The molecule has 3 aliphatic rings. The molecule has 0 N–H and O–H groups in total. The summed E-state index contributed by atoms with van der Waals surface area (Å²) in [7, 11) is 0. The number of ether oxygens (including phenoxy) is 2. The van der Waals surface area contributed by atoms with Crippen molar-refractivity contribution in [2.45, 2.75) is 24.9 Å². The predicted octanol–water partition coefficient (Wildman–Crippen LogP) is -0.843. The van der Waals surface area contributed by atoms with Crippen molar-refractivity contribution in [1.82, 2.24) is 0 Å². The zero-order valence-corrected chi connectivity index (χ0v) is 8.74. The Balaban J connectivity index is 1.91. The Bertz CT molecular complexity index is 481. The third-order valence-corrected chi connectivity index (χ3v) is 2.93. The Kier molecular flexibility index (Phi) is 2.23. The number of rotatable bonds is 1. The van der Waals surface area contributed by atoms with Crippen LogP contribution in [0.1, 0.15) is 6.42 Å². The molecular weight excluding hydrogens is 228 g/mol. The van der Waals surface area contributed by atoms with Gasteiger partial charge in [-0.05, 0) is 4.70 Å². The van der Waals surface area contributed by atoms with Crippen LogP contribution in [0.15, 0.2) is 17.3 Å². The summed E-state index contributed by atoms with van der Waals surface area (Å²) in [6.45, 7) is 0.234. The standard InChI is InChI=1S/C10H9N2O5/c13-6-3-5(7-4-16-10(6)17-7)12-9(15)2-1-8(14)11-12/h1-2,5,7,10H,3-4H2/q+1/t5-,7?,10+/m0/s1. The van der Waals surface area contributed by atoms with E-state index < -0.39 is 30.3 Å². The maximum Gasteiger partial charge on any atom is 0.437 e. The summed E-state index contributed by atoms with van der Waals surface area (Å²) in [6, 6.07) is -0.553. The van der Waals surface area contributed by atoms with Crippen molar-refractivity contribution in [3.05, 3.63) is 12.2 Å². The van der Waals surface area contributed by atoms with E-state index in [1.165, 1.54) is 0 Å². The summed E-state index contributed by atoms with van der Waals surface area (Å²) in [5.41, 5.74) is 0. The molecule has 7 heteroatoms. The molecule has 0 radical (unpaired) electrons. The highest BCUT2D eigenvalue weighted by molar-refractivity contribution is 5.96. The number of nitrogens with zero attached hydrogens (tertiary/aromatic N) is 2. The number of carbonyl (C=O) groups is 3. The predicted molar refractivity (Wildman–Crippen MR) is 49.9 cm³/mol. The lowest BCUT2D eigenvalue weighted by Gasteiger charge is -2.21. The lowest BCUT2D eigenvalue weighted by atomic mass is 10.0. The molecule has 0 aliphatic carbocycles. The molecule has 0 aromatic carbocycles. The Labute approximate surface area is 95.7 Å². The summed E-state index contributed by atoms with van der Waals surface area (Å²) in [5, 5.41) is 3.61. The summed E-state index contributed by atoms with van der Waals surface area (Å²) in [4.78, 5) is 34.3. The van der Waals surface area contributed by atoms with Crippen molar-refractivity contribution in [3.8, 4) is 0 Å². The van der Waals surface area contributed by atoms with E-state index >= 15 is 0 Å². The third kappa shape index (κ3) is 1.63. The van der Waals surface area contributed by atoms with Gasteiger partial charge in [-0.2, -0.15) is 0 Å². The molecule has 0 aromatic rings. The molecule has 7 nitrogen and oxygen atoms in total. The fraction of sp³-hybridized carbons (Fsp3) is 0.500. The average molecular weight is 237 g/mol. The zero-order chi connectivity index (χ0) is 12.0. The molecule has 0 saturated carbocycles. The summed E-state index contributed by atoms with van der Waals surface area (Å²) in [5.74, 6) is -1.16. The number of hydrogen-bond donors (Lipinski definition) is 0. The van der Waals surface area contributed by atoms with Gasteiger partial charge in [0, 0.05) is 11.2 Å². The minimum Gasteiger partial charge on any atom is -0.343 e. The summed E-state index contributed by atoms with van der Waals surface area (Å²) in [6.07, 6.45) is 1.12. The highest BCUT2D eigenvalue weighted by Gasteiger charge is 2.51. The molecule has 0 aromatic heterocycles. The van der Waals surface area contributed by atoms with Crippen LogP contribution in [0.5, 0.6) is 0 Å². The SMILES string of the molecule is O=C1C=CC(=O)[N+]([C@H]2CC(=O)[C@@H]3OCC2O3)=N1. The molecule has 88 valence electrons. The van der Waals surface area contributed by atoms with Gasteiger partial charge < -0.3 is 9.47 Å². The molecule has 1 unspecified atom stereocenters. The van der Waals surface area contributed by atoms with Gasteiger partial charge in [0.1, 0.15) is 6.10 Å². The van der Waals surface area contributed by atoms with Crippen molar-refractivity contribution in [2.75, 3.05) is 6.61 Å². The molecule has 3 atom stereocenters. The quantitative estimate of drug-likeness (QED) is 0.555. The van der Waals surface area contributed by atoms with Crippen molar-refractivity contribution >= 4 is 17.6 Å². The van der Waals surface area contributed by atoms with Gasteiger partial charge in [-0.25, -0.2) is 4.79 Å². The number of hydrogen-bond acceptors (Lipinski definition) is 5. The first kappa shape index (κ1) is 10.4. The fourth-order valence-electron chi connectivity index (χ4n) is 2.11. The maximum atomic E-state index is 11.6. The van der Waals surface area contributed by atoms with Gasteiger partial charge >= 0.3 is 11.8 Å². The Morgan fingerprint density at radius 2 is 2.12 bits per heavy atom. The second-order valence-electron chi connectivity index (χ2n) is 4.03. The van der Waals surface area contributed by atoms with E-state index in [1.807, 2.05) is 0 Å². The van der Waals surface area contributed by atoms with Crippen LogP contribution in [-0.2, 0) is 23.9 Å². The van der Waals surface area contributed by atoms with Crippen molar-refractivity contribution in [1.29, 1.82) is 0 Å². The molecule has 2 bridgehead atoms. The lowest BCUT2D eigenvalue weighted by Crippen LogP contribution is -2.47. The van der Waals surface area contributed by atoms with Gasteiger partial charge in [0.05, 0.1) is 19.1 Å². The van der Waals surface area contributed by atoms with Crippen LogP contribution in [0.4, 0.5) is 0 Å². The summed E-state index contributed by atoms with van der Waals surface area (Å²) < 4.78 is 11.4. The van der Waals surface area contributed by atoms with Crippen LogP contribution in [0.3, 0.4) is 0 Å². The van der Waals surface area contributed by atoms with E-state index in [-0.39, 0.29) is 18.8 Å². The number of amides is 2. The molecule has 3 rings (SSSR count). The second-order valence-corrected chi connectivity index (χ2v) is 4.03. The number of Topliss-reactive ketones (excluding diaryl/α,β-unsaturated/α-hetero) is 1. The molecule has 0 spiro atoms. The van der Waals surface area contributed by atoms with Gasteiger partial charge in [0.25, 0.3) is 0 Å². The van der Waals surface area contributed by atoms with Crippen molar-refractivity contribution < 1.29 is 28.6 Å². The number of fused-ring (bicyclic) bond motifs is 2. The van der Waals surface area contributed by atoms with Crippen molar-refractivity contribution in [2.24, 2.45) is 5.11 Å².